The summed E-state index contributed by atoms with van der Waals surface area (Å²) in [6.45, 7) is 3.23. The molecule has 0 unspecified atom stereocenters. The highest BCUT2D eigenvalue weighted by Crippen LogP contribution is 2.26. The fourth-order valence-corrected chi connectivity index (χ4v) is 3.60. The van der Waals surface area contributed by atoms with E-state index in [1.807, 2.05) is 6.92 Å². The van der Waals surface area contributed by atoms with Gasteiger partial charge in [-0.15, -0.1) is 0 Å². The number of benzene rings is 2. The van der Waals surface area contributed by atoms with Crippen molar-refractivity contribution in [1.82, 2.24) is 0 Å². The largest absolute Gasteiger partial charge is 0.324 e. The summed E-state index contributed by atoms with van der Waals surface area (Å²) in [6.07, 6.45) is 1.05. The molecular formula is C17H18Cl2N2O3S. The van der Waals surface area contributed by atoms with Crippen LogP contribution >= 0.6 is 23.2 Å². The Morgan fingerprint density at radius 3 is 2.32 bits per heavy atom. The van der Waals surface area contributed by atoms with Crippen LogP contribution in [-0.4, -0.2) is 27.1 Å². The van der Waals surface area contributed by atoms with E-state index in [9.17, 15) is 13.2 Å². The number of nitrogens with one attached hydrogen (secondary N) is 1. The van der Waals surface area contributed by atoms with Gasteiger partial charge in [0.05, 0.1) is 11.9 Å². The average molecular weight is 401 g/mol. The Balaban J connectivity index is 2.25. The third-order valence-corrected chi connectivity index (χ3v) is 5.34. The van der Waals surface area contributed by atoms with Crippen molar-refractivity contribution in [2.75, 3.05) is 22.4 Å². The second-order valence-electron chi connectivity index (χ2n) is 5.71. The first-order valence-corrected chi connectivity index (χ1v) is 9.98. The van der Waals surface area contributed by atoms with Gasteiger partial charge in [0.15, 0.2) is 0 Å². The van der Waals surface area contributed by atoms with Crippen molar-refractivity contribution in [3.05, 3.63) is 57.6 Å². The number of sulfonamides is 1. The van der Waals surface area contributed by atoms with Crippen molar-refractivity contribution in [2.45, 2.75) is 13.8 Å². The first kappa shape index (κ1) is 19.6. The highest BCUT2D eigenvalue weighted by atomic mass is 35.5. The molecule has 1 N–H and O–H groups in total. The van der Waals surface area contributed by atoms with Crippen LogP contribution in [-0.2, 0) is 14.8 Å². The molecule has 0 aromatic heterocycles. The topological polar surface area (TPSA) is 66.5 Å². The van der Waals surface area contributed by atoms with Crippen molar-refractivity contribution in [3.63, 3.8) is 0 Å². The predicted octanol–water partition coefficient (Wildman–Crippen LogP) is 4.01. The van der Waals surface area contributed by atoms with Gasteiger partial charge in [0.2, 0.25) is 15.9 Å². The van der Waals surface area contributed by atoms with Crippen molar-refractivity contribution in [3.8, 4) is 0 Å². The fraction of sp³-hybridized carbons (Fsp3) is 0.235. The normalized spacial score (nSPS) is 11.2. The van der Waals surface area contributed by atoms with E-state index in [2.05, 4.69) is 5.32 Å². The minimum Gasteiger partial charge on any atom is -0.324 e. The number of aryl methyl sites for hydroxylation is 2. The molecule has 134 valence electrons. The molecule has 0 heterocycles. The lowest BCUT2D eigenvalue weighted by molar-refractivity contribution is -0.114. The molecule has 2 rings (SSSR count). The highest BCUT2D eigenvalue weighted by molar-refractivity contribution is 7.92. The third-order valence-electron chi connectivity index (χ3n) is 3.57. The summed E-state index contributed by atoms with van der Waals surface area (Å²) in [7, 11) is -3.65. The van der Waals surface area contributed by atoms with Gasteiger partial charge in [-0.25, -0.2) is 8.42 Å². The number of rotatable bonds is 5. The number of hydrogen-bond donors (Lipinski definition) is 1. The van der Waals surface area contributed by atoms with E-state index in [4.69, 9.17) is 23.2 Å². The van der Waals surface area contributed by atoms with Gasteiger partial charge in [-0.05, 0) is 55.3 Å². The predicted molar refractivity (Wildman–Crippen MR) is 103 cm³/mol. The molecule has 0 fully saturated rings. The summed E-state index contributed by atoms with van der Waals surface area (Å²) in [6, 6.07) is 9.90. The number of amides is 1. The first-order valence-electron chi connectivity index (χ1n) is 7.38. The SMILES string of the molecule is Cc1ccc(NC(=O)CN(c2ccc(Cl)cc2C)S(C)(=O)=O)cc1Cl. The summed E-state index contributed by atoms with van der Waals surface area (Å²) >= 11 is 12.0. The van der Waals surface area contributed by atoms with Gasteiger partial charge in [-0.3, -0.25) is 9.10 Å². The fourth-order valence-electron chi connectivity index (χ4n) is 2.28. The number of hydrogen-bond acceptors (Lipinski definition) is 3. The molecule has 0 aliphatic rings. The maximum Gasteiger partial charge on any atom is 0.245 e. The van der Waals surface area contributed by atoms with E-state index in [0.29, 0.717) is 27.0 Å². The zero-order valence-electron chi connectivity index (χ0n) is 14.0. The maximum absolute atomic E-state index is 12.3. The lowest BCUT2D eigenvalue weighted by Gasteiger charge is -2.23. The summed E-state index contributed by atoms with van der Waals surface area (Å²) in [5.41, 5.74) is 2.45. The molecule has 2 aromatic rings. The van der Waals surface area contributed by atoms with Crippen molar-refractivity contribution in [2.24, 2.45) is 0 Å². The van der Waals surface area contributed by atoms with Crippen molar-refractivity contribution < 1.29 is 13.2 Å². The molecule has 2 aromatic carbocycles. The summed E-state index contributed by atoms with van der Waals surface area (Å²) in [4.78, 5) is 12.3. The lowest BCUT2D eigenvalue weighted by Crippen LogP contribution is -2.37. The van der Waals surface area contributed by atoms with E-state index >= 15 is 0 Å². The van der Waals surface area contributed by atoms with E-state index in [-0.39, 0.29) is 6.54 Å². The standard InChI is InChI=1S/C17H18Cl2N2O3S/c1-11-4-6-14(9-15(11)19)20-17(22)10-21(25(3,23)24)16-7-5-13(18)8-12(16)2/h4-9H,10H2,1-3H3,(H,20,22). The molecule has 0 atom stereocenters. The molecule has 0 bridgehead atoms. The Kier molecular flexibility index (Phi) is 5.98. The Hall–Kier alpha value is -1.76. The summed E-state index contributed by atoms with van der Waals surface area (Å²) < 4.78 is 25.3. The summed E-state index contributed by atoms with van der Waals surface area (Å²) in [5.74, 6) is -0.473. The number of carbonyl (C=O) groups is 1. The quantitative estimate of drug-likeness (QED) is 0.823. The molecule has 0 aliphatic carbocycles. The molecule has 25 heavy (non-hydrogen) atoms. The molecule has 0 saturated carbocycles. The van der Waals surface area contributed by atoms with E-state index in [0.717, 1.165) is 16.1 Å². The van der Waals surface area contributed by atoms with Gasteiger partial charge in [-0.2, -0.15) is 0 Å². The molecule has 0 spiro atoms. The third kappa shape index (κ3) is 5.11. The van der Waals surface area contributed by atoms with Crippen LogP contribution in [0.4, 0.5) is 11.4 Å². The van der Waals surface area contributed by atoms with Gasteiger partial charge < -0.3 is 5.32 Å². The van der Waals surface area contributed by atoms with Crippen molar-refractivity contribution >= 4 is 50.5 Å². The number of carbonyl (C=O) groups excluding carboxylic acids is 1. The molecule has 8 heteroatoms. The minimum atomic E-state index is -3.65. The number of nitrogens with zero attached hydrogens (tertiary/aromatic N) is 1. The molecule has 1 amide bonds. The summed E-state index contributed by atoms with van der Waals surface area (Å²) in [5, 5.41) is 3.67. The van der Waals surface area contributed by atoms with Crippen LogP contribution < -0.4 is 9.62 Å². The van der Waals surface area contributed by atoms with Crippen molar-refractivity contribution in [1.29, 1.82) is 0 Å². The van der Waals surface area contributed by atoms with E-state index < -0.39 is 15.9 Å². The Bertz CT molecular complexity index is 914. The lowest BCUT2D eigenvalue weighted by atomic mass is 10.2. The highest BCUT2D eigenvalue weighted by Gasteiger charge is 2.22. The maximum atomic E-state index is 12.3. The molecular weight excluding hydrogens is 383 g/mol. The molecule has 0 saturated heterocycles. The van der Waals surface area contributed by atoms with Gasteiger partial charge in [0.1, 0.15) is 6.54 Å². The number of anilines is 2. The minimum absolute atomic E-state index is 0.354. The van der Waals surface area contributed by atoms with Crippen LogP contribution in [0.25, 0.3) is 0 Å². The monoisotopic (exact) mass is 400 g/mol. The Labute approximate surface area is 157 Å². The average Bonchev–Trinajstić information content (AvgIpc) is 2.48. The first-order chi connectivity index (χ1) is 11.6. The second-order valence-corrected chi connectivity index (χ2v) is 8.46. The van der Waals surface area contributed by atoms with Gasteiger partial charge >= 0.3 is 0 Å². The van der Waals surface area contributed by atoms with Crippen LogP contribution in [0.5, 0.6) is 0 Å². The zero-order chi connectivity index (χ0) is 18.8. The molecule has 0 aliphatic heterocycles. The van der Waals surface area contributed by atoms with Gasteiger partial charge in [0, 0.05) is 15.7 Å². The van der Waals surface area contributed by atoms with Crippen LogP contribution in [0, 0.1) is 13.8 Å². The van der Waals surface area contributed by atoms with Crippen LogP contribution in [0.15, 0.2) is 36.4 Å². The van der Waals surface area contributed by atoms with Gasteiger partial charge in [0.25, 0.3) is 0 Å². The Morgan fingerprint density at radius 2 is 1.76 bits per heavy atom. The van der Waals surface area contributed by atoms with Crippen LogP contribution in [0.2, 0.25) is 10.0 Å². The second kappa shape index (κ2) is 7.64. The smallest absolute Gasteiger partial charge is 0.245 e. The van der Waals surface area contributed by atoms with E-state index in [1.54, 1.807) is 43.3 Å². The van der Waals surface area contributed by atoms with E-state index in [1.165, 1.54) is 0 Å². The zero-order valence-corrected chi connectivity index (χ0v) is 16.3. The van der Waals surface area contributed by atoms with Gasteiger partial charge in [-0.1, -0.05) is 29.3 Å². The number of halogens is 2. The molecule has 5 nitrogen and oxygen atoms in total. The van der Waals surface area contributed by atoms with Crippen LogP contribution in [0.1, 0.15) is 11.1 Å². The van der Waals surface area contributed by atoms with Crippen LogP contribution in [0.3, 0.4) is 0 Å². The molecule has 0 radical (unpaired) electrons. The Morgan fingerprint density at radius 1 is 1.08 bits per heavy atom.